The summed E-state index contributed by atoms with van der Waals surface area (Å²) in [6.45, 7) is 2.49. The molecule has 1 heterocycles. The zero-order valence-corrected chi connectivity index (χ0v) is 22.7. The number of hydrogen-bond acceptors (Lipinski definition) is 6. The summed E-state index contributed by atoms with van der Waals surface area (Å²) >= 11 is 0. The topological polar surface area (TPSA) is 141 Å². The van der Waals surface area contributed by atoms with Crippen molar-refractivity contribution in [2.75, 3.05) is 19.0 Å². The number of amides is 1. The van der Waals surface area contributed by atoms with Gasteiger partial charge in [-0.25, -0.2) is 15.0 Å². The molecule has 1 aromatic heterocycles. The summed E-state index contributed by atoms with van der Waals surface area (Å²) in [6.07, 6.45) is 4.66. The SMILES string of the molecule is COc1ccc(CCNC(=O)c2nc(N[C@H]3CCCC[C@H]3N=C(N)N)c3cc(C)ccc3n2)cc1.Cl.Cl. The zero-order chi connectivity index (χ0) is 24.8. The van der Waals surface area contributed by atoms with Crippen LogP contribution >= 0.6 is 24.8 Å². The van der Waals surface area contributed by atoms with Crippen molar-refractivity contribution in [2.24, 2.45) is 16.5 Å². The first kappa shape index (κ1) is 29.9. The molecule has 0 radical (unpaired) electrons. The summed E-state index contributed by atoms with van der Waals surface area (Å²) in [7, 11) is 1.64. The number of hydrogen-bond donors (Lipinski definition) is 4. The fourth-order valence-corrected chi connectivity index (χ4v) is 4.45. The van der Waals surface area contributed by atoms with Crippen molar-refractivity contribution in [1.29, 1.82) is 0 Å². The minimum atomic E-state index is -0.312. The first-order valence-corrected chi connectivity index (χ1v) is 12.0. The summed E-state index contributed by atoms with van der Waals surface area (Å²) in [5.74, 6) is 1.34. The van der Waals surface area contributed by atoms with Crippen LogP contribution < -0.4 is 26.8 Å². The molecule has 6 N–H and O–H groups in total. The second kappa shape index (κ2) is 13.9. The van der Waals surface area contributed by atoms with Crippen molar-refractivity contribution >= 4 is 53.4 Å². The average molecular weight is 549 g/mol. The standard InChI is InChI=1S/C26H33N7O2.2ClH/c1-16-7-12-20-19(15-16)23(31-21-5-3-4-6-22(21)32-26(27)28)33-24(30-20)25(34)29-14-13-17-8-10-18(35-2)11-9-17;;/h7-12,15,21-22H,3-6,13-14H2,1-2H3,(H,29,34)(H4,27,28,32)(H,30,31,33);2*1H/t21-,22+;;/m0../s1. The Labute approximate surface area is 229 Å². The number of ether oxygens (including phenoxy) is 1. The maximum atomic E-state index is 13.0. The number of benzene rings is 2. The van der Waals surface area contributed by atoms with E-state index in [9.17, 15) is 4.79 Å². The van der Waals surface area contributed by atoms with Crippen molar-refractivity contribution in [3.8, 4) is 5.75 Å². The van der Waals surface area contributed by atoms with Crippen molar-refractivity contribution in [1.82, 2.24) is 15.3 Å². The van der Waals surface area contributed by atoms with Gasteiger partial charge in [-0.05, 0) is 56.0 Å². The van der Waals surface area contributed by atoms with E-state index in [1.54, 1.807) is 7.11 Å². The Kier molecular flexibility index (Phi) is 11.2. The molecule has 3 aromatic rings. The number of methoxy groups -OCH3 is 1. The van der Waals surface area contributed by atoms with Gasteiger partial charge in [-0.15, -0.1) is 24.8 Å². The molecule has 1 aliphatic rings. The molecule has 2 aromatic carbocycles. The van der Waals surface area contributed by atoms with E-state index in [1.165, 1.54) is 0 Å². The van der Waals surface area contributed by atoms with Gasteiger partial charge in [-0.3, -0.25) is 4.79 Å². The van der Waals surface area contributed by atoms with Gasteiger partial charge < -0.3 is 26.8 Å². The average Bonchev–Trinajstić information content (AvgIpc) is 2.85. The lowest BCUT2D eigenvalue weighted by atomic mass is 9.90. The van der Waals surface area contributed by atoms with Crippen LogP contribution in [0.2, 0.25) is 0 Å². The highest BCUT2D eigenvalue weighted by molar-refractivity contribution is 5.96. The number of fused-ring (bicyclic) bond motifs is 1. The van der Waals surface area contributed by atoms with E-state index in [2.05, 4.69) is 25.6 Å². The van der Waals surface area contributed by atoms with Gasteiger partial charge in [0.05, 0.1) is 24.7 Å². The van der Waals surface area contributed by atoms with E-state index >= 15 is 0 Å². The van der Waals surface area contributed by atoms with Crippen molar-refractivity contribution in [3.63, 3.8) is 0 Å². The van der Waals surface area contributed by atoms with Crippen molar-refractivity contribution in [2.45, 2.75) is 51.1 Å². The third kappa shape index (κ3) is 7.84. The van der Waals surface area contributed by atoms with E-state index in [4.69, 9.17) is 16.2 Å². The van der Waals surface area contributed by atoms with Crippen LogP contribution in [0.1, 0.15) is 47.4 Å². The van der Waals surface area contributed by atoms with Gasteiger partial charge in [0, 0.05) is 11.9 Å². The summed E-state index contributed by atoms with van der Waals surface area (Å²) in [6, 6.07) is 13.7. The lowest BCUT2D eigenvalue weighted by Gasteiger charge is -2.30. The van der Waals surface area contributed by atoms with Crippen molar-refractivity contribution in [3.05, 3.63) is 59.4 Å². The van der Waals surface area contributed by atoms with Crippen LogP contribution in [-0.2, 0) is 6.42 Å². The number of nitrogens with zero attached hydrogens (tertiary/aromatic N) is 3. The number of nitrogens with one attached hydrogen (secondary N) is 2. The normalized spacial score (nSPS) is 16.6. The van der Waals surface area contributed by atoms with Gasteiger partial charge in [0.1, 0.15) is 11.6 Å². The zero-order valence-electron chi connectivity index (χ0n) is 21.1. The Bertz CT molecular complexity index is 1220. The van der Waals surface area contributed by atoms with Crippen LogP contribution in [0.5, 0.6) is 5.75 Å². The molecule has 1 saturated carbocycles. The number of guanidine groups is 1. The molecule has 200 valence electrons. The predicted molar refractivity (Wildman–Crippen MR) is 153 cm³/mol. The first-order valence-electron chi connectivity index (χ1n) is 12.0. The van der Waals surface area contributed by atoms with Crippen LogP contribution in [0.3, 0.4) is 0 Å². The number of nitrogens with two attached hydrogens (primary N) is 2. The monoisotopic (exact) mass is 547 g/mol. The number of aliphatic imine (C=N–C) groups is 1. The maximum Gasteiger partial charge on any atom is 0.289 e. The molecule has 1 fully saturated rings. The molecule has 9 nitrogen and oxygen atoms in total. The summed E-state index contributed by atoms with van der Waals surface area (Å²) in [5, 5.41) is 7.34. The van der Waals surface area contributed by atoms with E-state index in [1.807, 2.05) is 49.4 Å². The molecule has 0 saturated heterocycles. The molecule has 37 heavy (non-hydrogen) atoms. The number of carbonyl (C=O) groups is 1. The largest absolute Gasteiger partial charge is 0.497 e. The lowest BCUT2D eigenvalue weighted by Crippen LogP contribution is -2.38. The number of aromatic nitrogens is 2. The van der Waals surface area contributed by atoms with Crippen LogP contribution in [0, 0.1) is 6.92 Å². The lowest BCUT2D eigenvalue weighted by molar-refractivity contribution is 0.0944. The number of rotatable bonds is 8. The molecule has 1 amide bonds. The Balaban J connectivity index is 0.00000241. The third-order valence-corrected chi connectivity index (χ3v) is 6.28. The van der Waals surface area contributed by atoms with Crippen LogP contribution in [-0.4, -0.2) is 47.6 Å². The van der Waals surface area contributed by atoms with Crippen LogP contribution in [0.25, 0.3) is 10.9 Å². The Morgan fingerprint density at radius 3 is 2.51 bits per heavy atom. The highest BCUT2D eigenvalue weighted by Crippen LogP contribution is 2.28. The summed E-state index contributed by atoms with van der Waals surface area (Å²) in [5.41, 5.74) is 14.2. The van der Waals surface area contributed by atoms with Gasteiger partial charge in [0.2, 0.25) is 5.82 Å². The minimum Gasteiger partial charge on any atom is -0.497 e. The number of halogens is 2. The van der Waals surface area contributed by atoms with Gasteiger partial charge >= 0.3 is 0 Å². The molecular formula is C26H35Cl2N7O2. The van der Waals surface area contributed by atoms with Gasteiger partial charge in [-0.1, -0.05) is 36.6 Å². The van der Waals surface area contributed by atoms with Crippen LogP contribution in [0.15, 0.2) is 47.5 Å². The first-order chi connectivity index (χ1) is 16.9. The van der Waals surface area contributed by atoms with Gasteiger partial charge in [-0.2, -0.15) is 0 Å². The van der Waals surface area contributed by atoms with E-state index in [-0.39, 0.29) is 54.6 Å². The Morgan fingerprint density at radius 2 is 1.81 bits per heavy atom. The summed E-state index contributed by atoms with van der Waals surface area (Å²) < 4.78 is 5.19. The molecule has 1 aliphatic carbocycles. The third-order valence-electron chi connectivity index (χ3n) is 6.28. The second-order valence-electron chi connectivity index (χ2n) is 8.93. The molecule has 0 spiro atoms. The maximum absolute atomic E-state index is 13.0. The highest BCUT2D eigenvalue weighted by atomic mass is 35.5. The Morgan fingerprint density at radius 1 is 1.08 bits per heavy atom. The molecule has 4 rings (SSSR count). The van der Waals surface area contributed by atoms with E-state index < -0.39 is 0 Å². The van der Waals surface area contributed by atoms with E-state index in [0.717, 1.165) is 47.9 Å². The van der Waals surface area contributed by atoms with E-state index in [0.29, 0.717) is 24.3 Å². The fraction of sp³-hybridized carbons (Fsp3) is 0.385. The predicted octanol–water partition coefficient (Wildman–Crippen LogP) is 3.76. The molecule has 0 unspecified atom stereocenters. The minimum absolute atomic E-state index is 0. The fourth-order valence-electron chi connectivity index (χ4n) is 4.45. The number of aryl methyl sites for hydroxylation is 1. The molecule has 2 atom stereocenters. The smallest absolute Gasteiger partial charge is 0.289 e. The van der Waals surface area contributed by atoms with Gasteiger partial charge in [0.15, 0.2) is 5.96 Å². The molecule has 0 bridgehead atoms. The van der Waals surface area contributed by atoms with Crippen molar-refractivity contribution < 1.29 is 9.53 Å². The highest BCUT2D eigenvalue weighted by Gasteiger charge is 2.26. The number of anilines is 1. The van der Waals surface area contributed by atoms with Gasteiger partial charge in [0.25, 0.3) is 5.91 Å². The molecular weight excluding hydrogens is 513 g/mol. The quantitative estimate of drug-likeness (QED) is 0.248. The molecule has 0 aliphatic heterocycles. The molecule has 11 heteroatoms. The number of carbonyl (C=O) groups excluding carboxylic acids is 1. The Hall–Kier alpha value is -3.30. The second-order valence-corrected chi connectivity index (χ2v) is 8.93. The van der Waals surface area contributed by atoms with Crippen LogP contribution in [0.4, 0.5) is 5.82 Å². The summed E-state index contributed by atoms with van der Waals surface area (Å²) in [4.78, 5) is 26.6.